The van der Waals surface area contributed by atoms with E-state index >= 15 is 0 Å². The number of rotatable bonds is 2. The molecule has 0 unspecified atom stereocenters. The molecule has 0 rings (SSSR count). The Bertz CT molecular complexity index is 619. The fourth-order valence-corrected chi connectivity index (χ4v) is 52.2. The van der Waals surface area contributed by atoms with Gasteiger partial charge in [-0.05, 0) is 0 Å². The normalized spacial score (nSPS) is 15.5. The van der Waals surface area contributed by atoms with Gasteiger partial charge >= 0.3 is 235 Å². The fraction of sp³-hybridized carbons (Fsp3) is 1.00. The van der Waals surface area contributed by atoms with Gasteiger partial charge in [0.2, 0.25) is 0 Å². The molecule has 0 aromatic rings. The van der Waals surface area contributed by atoms with Crippen LogP contribution >= 0.6 is 14.1 Å². The van der Waals surface area contributed by atoms with Crippen molar-refractivity contribution >= 4 is 54.2 Å². The van der Waals surface area contributed by atoms with E-state index in [0.717, 1.165) is 0 Å². The molecule has 0 spiro atoms. The molecule has 0 aliphatic heterocycles. The van der Waals surface area contributed by atoms with Gasteiger partial charge in [-0.1, -0.05) is 0 Å². The predicted molar refractivity (Wildman–Crippen MR) is 172 cm³/mol. The van der Waals surface area contributed by atoms with E-state index in [1.54, 1.807) is 0 Å². The summed E-state index contributed by atoms with van der Waals surface area (Å²) in [5, 5.41) is 0.914. The second kappa shape index (κ2) is 11.7. The van der Waals surface area contributed by atoms with Crippen LogP contribution in [0.25, 0.3) is 0 Å². The topological polar surface area (TPSA) is 24.7 Å². The molecule has 0 aromatic heterocycles. The summed E-state index contributed by atoms with van der Waals surface area (Å²) < 4.78 is 12.3. The molecule has 206 valence electrons. The van der Waals surface area contributed by atoms with Crippen molar-refractivity contribution in [1.29, 1.82) is 0 Å². The van der Waals surface area contributed by atoms with Gasteiger partial charge in [-0.25, -0.2) is 0 Å². The molecule has 0 saturated carbocycles. The number of nitrogens with zero attached hydrogens (tertiary/aromatic N) is 2. The third-order valence-corrected chi connectivity index (χ3v) is 33.4. The van der Waals surface area contributed by atoms with E-state index in [0.29, 0.717) is 0 Å². The zero-order chi connectivity index (χ0) is 28.6. The van der Waals surface area contributed by atoms with Gasteiger partial charge in [-0.2, -0.15) is 0 Å². The average Bonchev–Trinajstić information content (AvgIpc) is 2.43. The van der Waals surface area contributed by atoms with Crippen LogP contribution in [0.2, 0.25) is 19.8 Å². The van der Waals surface area contributed by atoms with Crippen molar-refractivity contribution in [3.63, 3.8) is 0 Å². The summed E-state index contributed by atoms with van der Waals surface area (Å²) >= 11 is -3.00. The van der Waals surface area contributed by atoms with Crippen LogP contribution in [0.5, 0.6) is 0 Å². The molecule has 0 atom stereocenters. The Balaban J connectivity index is 0. The van der Waals surface area contributed by atoms with E-state index in [9.17, 15) is 0 Å². The van der Waals surface area contributed by atoms with Crippen molar-refractivity contribution < 1.29 is 0 Å². The van der Waals surface area contributed by atoms with E-state index in [1.165, 1.54) is 0 Å². The first-order valence-electron chi connectivity index (χ1n) is 13.2. The summed E-state index contributed by atoms with van der Waals surface area (Å²) in [4.78, 5) is 9.60. The molecule has 0 amide bonds. The number of hydrogen-bond donors (Lipinski definition) is 0. The predicted octanol–water partition coefficient (Wildman–Crippen LogP) is 11.7. The SMILES string of the molecule is CC(C)(C)P(=[N][Sn]([CH3])([CH3])[N]=P(C(C)(C)C)(C(C)(C)C)C(C)(C)C)(C(C)(C)C)C(C)(C)C.[CH3][Sn][CH3]. The number of hydrogen-bond acceptors (Lipinski definition) is 2. The first-order chi connectivity index (χ1) is 14.3. The Morgan fingerprint density at radius 2 is 0.529 bits per heavy atom. The molecular formula is C28H66N2P2Sn2. The molecule has 0 bridgehead atoms. The first kappa shape index (κ1) is 38.2. The Morgan fingerprint density at radius 1 is 0.412 bits per heavy atom. The summed E-state index contributed by atoms with van der Waals surface area (Å²) in [6.07, 6.45) is 0. The van der Waals surface area contributed by atoms with Crippen LogP contribution in [-0.2, 0) is 0 Å². The van der Waals surface area contributed by atoms with E-state index in [4.69, 9.17) is 5.93 Å². The van der Waals surface area contributed by atoms with Crippen LogP contribution < -0.4 is 0 Å². The molecule has 0 saturated heterocycles. The van der Waals surface area contributed by atoms with E-state index in [1.807, 2.05) is 0 Å². The molecule has 0 aliphatic rings. The van der Waals surface area contributed by atoms with Crippen molar-refractivity contribution in [2.75, 3.05) is 0 Å². The molecule has 6 heteroatoms. The van der Waals surface area contributed by atoms with E-state index < -0.39 is 33.0 Å². The quantitative estimate of drug-likeness (QED) is 0.200. The molecule has 0 N–H and O–H groups in total. The minimum atomic E-state index is -3.23. The molecule has 34 heavy (non-hydrogen) atoms. The van der Waals surface area contributed by atoms with Crippen molar-refractivity contribution in [2.24, 2.45) is 5.93 Å². The summed E-state index contributed by atoms with van der Waals surface area (Å²) in [6.45, 7) is 44.0. The van der Waals surface area contributed by atoms with Crippen LogP contribution in [0.3, 0.4) is 0 Å². The van der Waals surface area contributed by atoms with Gasteiger partial charge in [0.1, 0.15) is 0 Å². The third kappa shape index (κ3) is 8.04. The molecule has 0 fully saturated rings. The van der Waals surface area contributed by atoms with Crippen LogP contribution in [0.15, 0.2) is 5.93 Å². The minimum absolute atomic E-state index is 0.152. The second-order valence-corrected chi connectivity index (χ2v) is 42.3. The zero-order valence-electron chi connectivity index (χ0n) is 27.8. The van der Waals surface area contributed by atoms with Gasteiger partial charge in [0.05, 0.1) is 0 Å². The Kier molecular flexibility index (Phi) is 13.1. The first-order valence-corrected chi connectivity index (χ1v) is 30.6. The van der Waals surface area contributed by atoms with Gasteiger partial charge in [0.25, 0.3) is 0 Å². The van der Waals surface area contributed by atoms with Crippen LogP contribution in [0, 0.1) is 0 Å². The van der Waals surface area contributed by atoms with Gasteiger partial charge < -0.3 is 0 Å². The monoisotopic (exact) mass is 732 g/mol. The molecule has 0 aliphatic carbocycles. The van der Waals surface area contributed by atoms with Gasteiger partial charge in [-0.15, -0.1) is 0 Å². The Morgan fingerprint density at radius 3 is 0.618 bits per heavy atom. The summed E-state index contributed by atoms with van der Waals surface area (Å²) in [6, 6.07) is 0. The molecule has 2 radical (unpaired) electrons. The van der Waals surface area contributed by atoms with Crippen molar-refractivity contribution in [3.8, 4) is 0 Å². The molecule has 0 aromatic carbocycles. The molecular weight excluding hydrogens is 664 g/mol. The third-order valence-electron chi connectivity index (χ3n) is 6.61. The maximum absolute atomic E-state index is 6.16. The van der Waals surface area contributed by atoms with Gasteiger partial charge in [0, 0.05) is 0 Å². The summed E-state index contributed by atoms with van der Waals surface area (Å²) in [7, 11) is -3.54. The zero-order valence-corrected chi connectivity index (χ0v) is 35.3. The van der Waals surface area contributed by atoms with Crippen molar-refractivity contribution in [2.45, 2.75) is 175 Å². The van der Waals surface area contributed by atoms with Crippen molar-refractivity contribution in [3.05, 3.63) is 0 Å². The Labute approximate surface area is 233 Å². The van der Waals surface area contributed by atoms with E-state index in [-0.39, 0.29) is 52.1 Å². The van der Waals surface area contributed by atoms with Crippen LogP contribution in [0.4, 0.5) is 0 Å². The summed E-state index contributed by atoms with van der Waals surface area (Å²) in [5.74, 6) is 0. The second-order valence-electron chi connectivity index (χ2n) is 16.5. The van der Waals surface area contributed by atoms with Crippen molar-refractivity contribution in [1.82, 2.24) is 0 Å². The Hall–Kier alpha value is 2.06. The van der Waals surface area contributed by atoms with Crippen LogP contribution in [0.1, 0.15) is 125 Å². The summed E-state index contributed by atoms with van der Waals surface area (Å²) in [5.41, 5.74) is 0. The fourth-order valence-electron chi connectivity index (χ4n) is 7.69. The molecule has 0 heterocycles. The average molecular weight is 730 g/mol. The van der Waals surface area contributed by atoms with E-state index in [2.05, 4.69) is 144 Å². The standard InChI is InChI=1S/2C12H27NP.4CH3.2Sn/c2*1-10(2,3)14(13,11(4,5)6)12(7,8)9;;;;;;/h2*1-9H3;4*1H3;;/q2*-1;;;;;;+2. The van der Waals surface area contributed by atoms with Crippen LogP contribution in [-0.4, -0.2) is 71.0 Å². The molecule has 2 nitrogen and oxygen atoms in total. The van der Waals surface area contributed by atoms with Gasteiger partial charge in [0.15, 0.2) is 0 Å². The maximum atomic E-state index is 6.16. The van der Waals surface area contributed by atoms with Gasteiger partial charge in [-0.3, -0.25) is 0 Å².